The van der Waals surface area contributed by atoms with Gasteiger partial charge in [-0.2, -0.15) is 0 Å². The van der Waals surface area contributed by atoms with Crippen LogP contribution in [0.5, 0.6) is 0 Å². The van der Waals surface area contributed by atoms with Gasteiger partial charge in [0, 0.05) is 16.6 Å². The van der Waals surface area contributed by atoms with E-state index in [4.69, 9.17) is 4.52 Å². The highest BCUT2D eigenvalue weighted by molar-refractivity contribution is 7.93. The van der Waals surface area contributed by atoms with Crippen molar-refractivity contribution >= 4 is 33.0 Å². The van der Waals surface area contributed by atoms with E-state index in [0.717, 1.165) is 0 Å². The van der Waals surface area contributed by atoms with Crippen molar-refractivity contribution in [2.45, 2.75) is 11.8 Å². The molecule has 0 radical (unpaired) electrons. The molecule has 1 N–H and O–H groups in total. The van der Waals surface area contributed by atoms with Gasteiger partial charge in [0.25, 0.3) is 10.0 Å². The van der Waals surface area contributed by atoms with Crippen LogP contribution in [0.25, 0.3) is 10.6 Å². The van der Waals surface area contributed by atoms with Crippen molar-refractivity contribution in [2.24, 2.45) is 0 Å². The van der Waals surface area contributed by atoms with Gasteiger partial charge in [-0.3, -0.25) is 4.72 Å². The van der Waals surface area contributed by atoms with Crippen molar-refractivity contribution in [1.82, 2.24) is 5.16 Å². The summed E-state index contributed by atoms with van der Waals surface area (Å²) in [5.41, 5.74) is 0.684. The van der Waals surface area contributed by atoms with E-state index in [9.17, 15) is 13.2 Å². The number of hydrogen-bond acceptors (Lipinski definition) is 7. The van der Waals surface area contributed by atoms with Crippen molar-refractivity contribution < 1.29 is 22.5 Å². The third-order valence-corrected chi connectivity index (χ3v) is 6.10. The highest BCUT2D eigenvalue weighted by Gasteiger charge is 2.22. The van der Waals surface area contributed by atoms with Gasteiger partial charge in [0.1, 0.15) is 4.90 Å². The minimum absolute atomic E-state index is 0.168. The number of carbonyl (C=O) groups excluding carboxylic acids is 1. The molecule has 0 bridgehead atoms. The number of aryl methyl sites for hydroxylation is 1. The predicted octanol–water partition coefficient (Wildman–Crippen LogP) is 3.30. The average molecular weight is 378 g/mol. The van der Waals surface area contributed by atoms with Crippen molar-refractivity contribution in [3.05, 3.63) is 53.0 Å². The number of aromatic nitrogens is 1. The summed E-state index contributed by atoms with van der Waals surface area (Å²) in [6.45, 7) is 1.72. The molecule has 2 heterocycles. The van der Waals surface area contributed by atoms with Crippen LogP contribution in [-0.2, 0) is 14.8 Å². The molecule has 0 amide bonds. The SMILES string of the molecule is COC(=O)c1ccc(NS(=O)(=O)c2cc(-c3ccno3)sc2C)cc1. The molecule has 0 aliphatic rings. The van der Waals surface area contributed by atoms with Gasteiger partial charge in [0.15, 0.2) is 5.76 Å². The normalized spacial score (nSPS) is 11.3. The van der Waals surface area contributed by atoms with Crippen molar-refractivity contribution in [3.8, 4) is 10.6 Å². The maximum Gasteiger partial charge on any atom is 0.337 e. The fourth-order valence-electron chi connectivity index (χ4n) is 2.20. The van der Waals surface area contributed by atoms with Gasteiger partial charge in [0.2, 0.25) is 0 Å². The number of methoxy groups -OCH3 is 1. The molecule has 0 aliphatic carbocycles. The molecule has 1 aromatic carbocycles. The summed E-state index contributed by atoms with van der Waals surface area (Å²) in [6.07, 6.45) is 1.50. The zero-order valence-corrected chi connectivity index (χ0v) is 15.0. The average Bonchev–Trinajstić information content (AvgIpc) is 3.24. The van der Waals surface area contributed by atoms with Crippen LogP contribution in [0.3, 0.4) is 0 Å². The smallest absolute Gasteiger partial charge is 0.337 e. The summed E-state index contributed by atoms with van der Waals surface area (Å²) < 4.78 is 37.5. The largest absolute Gasteiger partial charge is 0.465 e. The minimum Gasteiger partial charge on any atom is -0.465 e. The first kappa shape index (κ1) is 17.2. The topological polar surface area (TPSA) is 98.5 Å². The van der Waals surface area contributed by atoms with Crippen molar-refractivity contribution in [2.75, 3.05) is 11.8 Å². The molecule has 0 atom stereocenters. The molecule has 9 heteroatoms. The van der Waals surface area contributed by atoms with E-state index < -0.39 is 16.0 Å². The molecule has 3 rings (SSSR count). The zero-order chi connectivity index (χ0) is 18.0. The molecule has 25 heavy (non-hydrogen) atoms. The number of hydrogen-bond donors (Lipinski definition) is 1. The molecular weight excluding hydrogens is 364 g/mol. The standard InChI is InChI=1S/C16H14N2O5S2/c1-10-15(9-14(24-10)13-7-8-17-23-13)25(20,21)18-12-5-3-11(4-6-12)16(19)22-2/h3-9,18H,1-2H3. The Kier molecular flexibility index (Phi) is 4.60. The van der Waals surface area contributed by atoms with Crippen LogP contribution in [0.2, 0.25) is 0 Å². The van der Waals surface area contributed by atoms with Gasteiger partial charge in [-0.25, -0.2) is 13.2 Å². The fraction of sp³-hybridized carbons (Fsp3) is 0.125. The second-order valence-electron chi connectivity index (χ2n) is 5.08. The maximum absolute atomic E-state index is 12.6. The lowest BCUT2D eigenvalue weighted by molar-refractivity contribution is 0.0601. The zero-order valence-electron chi connectivity index (χ0n) is 13.3. The monoisotopic (exact) mass is 378 g/mol. The van der Waals surface area contributed by atoms with Crippen LogP contribution >= 0.6 is 11.3 Å². The number of carbonyl (C=O) groups is 1. The Balaban J connectivity index is 1.86. The number of thiophene rings is 1. The lowest BCUT2D eigenvalue weighted by atomic mass is 10.2. The summed E-state index contributed by atoms with van der Waals surface area (Å²) in [4.78, 5) is 12.9. The van der Waals surface area contributed by atoms with Crippen LogP contribution in [0.1, 0.15) is 15.2 Å². The van der Waals surface area contributed by atoms with Gasteiger partial charge < -0.3 is 9.26 Å². The molecular formula is C16H14N2O5S2. The van der Waals surface area contributed by atoms with E-state index in [1.54, 1.807) is 19.1 Å². The molecule has 0 saturated carbocycles. The highest BCUT2D eigenvalue weighted by Crippen LogP contribution is 2.34. The van der Waals surface area contributed by atoms with E-state index in [1.807, 2.05) is 0 Å². The molecule has 3 aromatic rings. The number of nitrogens with one attached hydrogen (secondary N) is 1. The Morgan fingerprint density at radius 1 is 1.24 bits per heavy atom. The number of anilines is 1. The maximum atomic E-state index is 12.6. The molecule has 0 saturated heterocycles. The lowest BCUT2D eigenvalue weighted by Gasteiger charge is -2.08. The van der Waals surface area contributed by atoms with E-state index in [-0.39, 0.29) is 4.90 Å². The number of benzene rings is 1. The quantitative estimate of drug-likeness (QED) is 0.684. The van der Waals surface area contributed by atoms with Crippen LogP contribution < -0.4 is 4.72 Å². The van der Waals surface area contributed by atoms with Crippen LogP contribution in [-0.4, -0.2) is 26.7 Å². The number of rotatable bonds is 5. The Morgan fingerprint density at radius 3 is 2.56 bits per heavy atom. The Bertz CT molecular complexity index is 990. The Labute approximate surface area is 148 Å². The van der Waals surface area contributed by atoms with Gasteiger partial charge in [0.05, 0.1) is 23.7 Å². The first-order chi connectivity index (χ1) is 11.9. The summed E-state index contributed by atoms with van der Waals surface area (Å²) in [7, 11) is -2.49. The number of sulfonamides is 1. The number of ether oxygens (including phenoxy) is 1. The van der Waals surface area contributed by atoms with E-state index in [0.29, 0.717) is 26.8 Å². The predicted molar refractivity (Wildman–Crippen MR) is 93.1 cm³/mol. The number of esters is 1. The fourth-order valence-corrected chi connectivity index (χ4v) is 4.81. The molecule has 0 aliphatic heterocycles. The minimum atomic E-state index is -3.77. The van der Waals surface area contributed by atoms with Gasteiger partial charge >= 0.3 is 5.97 Å². The second kappa shape index (κ2) is 6.69. The molecule has 7 nitrogen and oxygen atoms in total. The van der Waals surface area contributed by atoms with Crippen LogP contribution in [0.15, 0.2) is 52.0 Å². The molecule has 0 spiro atoms. The van der Waals surface area contributed by atoms with Crippen LogP contribution in [0.4, 0.5) is 5.69 Å². The Hall–Kier alpha value is -2.65. The van der Waals surface area contributed by atoms with E-state index in [1.165, 1.54) is 48.9 Å². The molecule has 0 unspecified atom stereocenters. The second-order valence-corrected chi connectivity index (χ2v) is 7.99. The summed E-state index contributed by atoms with van der Waals surface area (Å²) in [6, 6.07) is 9.20. The Morgan fingerprint density at radius 2 is 1.96 bits per heavy atom. The van der Waals surface area contributed by atoms with Gasteiger partial charge in [-0.05, 0) is 37.3 Å². The van der Waals surface area contributed by atoms with Gasteiger partial charge in [-0.1, -0.05) is 5.16 Å². The first-order valence-electron chi connectivity index (χ1n) is 7.13. The molecule has 2 aromatic heterocycles. The van der Waals surface area contributed by atoms with Crippen LogP contribution in [0, 0.1) is 6.92 Å². The van der Waals surface area contributed by atoms with Crippen molar-refractivity contribution in [1.29, 1.82) is 0 Å². The molecule has 130 valence electrons. The lowest BCUT2D eigenvalue weighted by Crippen LogP contribution is -2.13. The van der Waals surface area contributed by atoms with Gasteiger partial charge in [-0.15, -0.1) is 11.3 Å². The molecule has 0 fully saturated rings. The van der Waals surface area contributed by atoms with E-state index >= 15 is 0 Å². The third-order valence-electron chi connectivity index (χ3n) is 3.40. The number of nitrogens with zero attached hydrogens (tertiary/aromatic N) is 1. The highest BCUT2D eigenvalue weighted by atomic mass is 32.2. The first-order valence-corrected chi connectivity index (χ1v) is 9.43. The summed E-state index contributed by atoms with van der Waals surface area (Å²) >= 11 is 1.30. The van der Waals surface area contributed by atoms with Crippen molar-refractivity contribution in [3.63, 3.8) is 0 Å². The summed E-state index contributed by atoms with van der Waals surface area (Å²) in [5, 5.41) is 3.63. The van der Waals surface area contributed by atoms with E-state index in [2.05, 4.69) is 14.6 Å². The summed E-state index contributed by atoms with van der Waals surface area (Å²) in [5.74, 6) is 0.0248. The third kappa shape index (κ3) is 3.57.